The summed E-state index contributed by atoms with van der Waals surface area (Å²) in [5.41, 5.74) is 4.65. The van der Waals surface area contributed by atoms with Crippen LogP contribution in [0.4, 0.5) is 4.79 Å². The van der Waals surface area contributed by atoms with Gasteiger partial charge in [0.2, 0.25) is 5.91 Å². The number of carbonyl (C=O) groups excluding carboxylic acids is 2. The van der Waals surface area contributed by atoms with Crippen LogP contribution in [0.1, 0.15) is 36.8 Å². The molecular weight excluding hydrogens is 384 g/mol. The van der Waals surface area contributed by atoms with E-state index in [1.165, 1.54) is 18.1 Å². The second-order valence-electron chi connectivity index (χ2n) is 7.40. The molecule has 7 heteroatoms. The molecule has 0 saturated heterocycles. The smallest absolute Gasteiger partial charge is 0.407 e. The second-order valence-corrected chi connectivity index (χ2v) is 7.40. The second kappa shape index (κ2) is 9.91. The van der Waals surface area contributed by atoms with Crippen molar-refractivity contribution in [1.29, 1.82) is 0 Å². The largest absolute Gasteiger partial charge is 0.481 e. The van der Waals surface area contributed by atoms with Gasteiger partial charge in [-0.3, -0.25) is 9.59 Å². The number of carboxylic acids is 1. The van der Waals surface area contributed by atoms with Crippen LogP contribution in [0.15, 0.2) is 48.5 Å². The Balaban J connectivity index is 1.40. The normalized spacial score (nSPS) is 13.1. The van der Waals surface area contributed by atoms with Gasteiger partial charge >= 0.3 is 12.1 Å². The van der Waals surface area contributed by atoms with Crippen molar-refractivity contribution >= 4 is 18.0 Å². The highest BCUT2D eigenvalue weighted by Gasteiger charge is 2.28. The molecule has 3 N–H and O–H groups in total. The molecule has 0 heterocycles. The number of hydrogen-bond donors (Lipinski definition) is 3. The Morgan fingerprint density at radius 3 is 2.20 bits per heavy atom. The number of nitrogens with one attached hydrogen (secondary N) is 2. The fraction of sp³-hybridized carbons (Fsp3) is 0.348. The van der Waals surface area contributed by atoms with Crippen LogP contribution in [-0.2, 0) is 14.3 Å². The maximum Gasteiger partial charge on any atom is 0.407 e. The predicted molar refractivity (Wildman–Crippen MR) is 112 cm³/mol. The first-order chi connectivity index (χ1) is 14.5. The number of amides is 2. The minimum absolute atomic E-state index is 0.00477. The maximum absolute atomic E-state index is 12.1. The Labute approximate surface area is 175 Å². The number of fused-ring (bicyclic) bond motifs is 3. The van der Waals surface area contributed by atoms with Crippen LogP contribution in [0, 0.1) is 5.92 Å². The highest BCUT2D eigenvalue weighted by molar-refractivity contribution is 5.79. The lowest BCUT2D eigenvalue weighted by Gasteiger charge is -2.14. The summed E-state index contributed by atoms with van der Waals surface area (Å²) in [7, 11) is 0. The zero-order valence-electron chi connectivity index (χ0n) is 16.9. The zero-order valence-corrected chi connectivity index (χ0v) is 16.9. The van der Waals surface area contributed by atoms with Crippen molar-refractivity contribution < 1.29 is 24.2 Å². The summed E-state index contributed by atoms with van der Waals surface area (Å²) in [5.74, 6) is -1.82. The van der Waals surface area contributed by atoms with Gasteiger partial charge in [-0.1, -0.05) is 55.5 Å². The van der Waals surface area contributed by atoms with Crippen LogP contribution in [0.3, 0.4) is 0 Å². The number of hydrogen-bond acceptors (Lipinski definition) is 4. The van der Waals surface area contributed by atoms with Crippen LogP contribution in [0.25, 0.3) is 11.1 Å². The van der Waals surface area contributed by atoms with Crippen LogP contribution < -0.4 is 10.6 Å². The minimum Gasteiger partial charge on any atom is -0.481 e. The molecule has 0 radical (unpaired) electrons. The third-order valence-corrected chi connectivity index (χ3v) is 5.22. The van der Waals surface area contributed by atoms with E-state index in [1.807, 2.05) is 24.3 Å². The number of alkyl carbamates (subject to hydrolysis) is 1. The summed E-state index contributed by atoms with van der Waals surface area (Å²) < 4.78 is 5.44. The monoisotopic (exact) mass is 410 g/mol. The van der Waals surface area contributed by atoms with E-state index in [9.17, 15) is 14.4 Å². The molecule has 1 atom stereocenters. The van der Waals surface area contributed by atoms with Gasteiger partial charge in [-0.05, 0) is 28.7 Å². The van der Waals surface area contributed by atoms with Crippen molar-refractivity contribution in [3.63, 3.8) is 0 Å². The Hall–Kier alpha value is -3.35. The van der Waals surface area contributed by atoms with Gasteiger partial charge in [-0.2, -0.15) is 0 Å². The molecule has 2 aromatic rings. The summed E-state index contributed by atoms with van der Waals surface area (Å²) in [6, 6.07) is 16.3. The molecule has 0 fully saturated rings. The SMILES string of the molecule is CC(CNC(=O)CCCNC(=O)OCC1c2ccccc2-c2ccccc21)C(=O)O. The average molecular weight is 410 g/mol. The zero-order chi connectivity index (χ0) is 21.5. The van der Waals surface area contributed by atoms with Crippen molar-refractivity contribution in [2.45, 2.75) is 25.7 Å². The summed E-state index contributed by atoms with van der Waals surface area (Å²) in [5, 5.41) is 14.0. The third kappa shape index (κ3) is 5.17. The van der Waals surface area contributed by atoms with E-state index in [4.69, 9.17) is 9.84 Å². The molecule has 30 heavy (non-hydrogen) atoms. The van der Waals surface area contributed by atoms with Gasteiger partial charge in [0.25, 0.3) is 0 Å². The summed E-state index contributed by atoms with van der Waals surface area (Å²) >= 11 is 0. The molecular formula is C23H26N2O5. The number of carboxylic acid groups (broad SMARTS) is 1. The number of rotatable bonds is 9. The molecule has 2 aromatic carbocycles. The first-order valence-electron chi connectivity index (χ1n) is 10.1. The third-order valence-electron chi connectivity index (χ3n) is 5.22. The number of carbonyl (C=O) groups is 3. The summed E-state index contributed by atoms with van der Waals surface area (Å²) in [6.07, 6.45) is 0.129. The maximum atomic E-state index is 12.1. The molecule has 3 rings (SSSR count). The summed E-state index contributed by atoms with van der Waals surface area (Å²) in [6.45, 7) is 2.17. The fourth-order valence-electron chi connectivity index (χ4n) is 3.53. The van der Waals surface area contributed by atoms with Crippen molar-refractivity contribution in [3.05, 3.63) is 59.7 Å². The highest BCUT2D eigenvalue weighted by Crippen LogP contribution is 2.44. The number of ether oxygens (including phenoxy) is 1. The molecule has 158 valence electrons. The first-order valence-corrected chi connectivity index (χ1v) is 10.1. The van der Waals surface area contributed by atoms with Crippen molar-refractivity contribution in [2.75, 3.05) is 19.7 Å². The standard InChI is InChI=1S/C23H26N2O5/c1-15(22(27)28)13-25-21(26)11-6-12-24-23(29)30-14-20-18-9-4-2-7-16(18)17-8-3-5-10-19(17)20/h2-5,7-10,15,20H,6,11-14H2,1H3,(H,24,29)(H,25,26)(H,27,28). The van der Waals surface area contributed by atoms with Crippen molar-refractivity contribution in [2.24, 2.45) is 5.92 Å². The van der Waals surface area contributed by atoms with E-state index in [-0.39, 0.29) is 31.4 Å². The van der Waals surface area contributed by atoms with Gasteiger partial charge < -0.3 is 20.5 Å². The van der Waals surface area contributed by atoms with Crippen LogP contribution >= 0.6 is 0 Å². The van der Waals surface area contributed by atoms with Gasteiger partial charge in [0, 0.05) is 25.4 Å². The Bertz CT molecular complexity index is 882. The van der Waals surface area contributed by atoms with Gasteiger partial charge in [0.05, 0.1) is 5.92 Å². The van der Waals surface area contributed by atoms with E-state index in [1.54, 1.807) is 0 Å². The molecule has 1 aliphatic carbocycles. The Morgan fingerprint density at radius 2 is 1.60 bits per heavy atom. The molecule has 0 aromatic heterocycles. The predicted octanol–water partition coefficient (Wildman–Crippen LogP) is 3.14. The Kier molecular flexibility index (Phi) is 7.06. The first kappa shape index (κ1) is 21.4. The number of aliphatic carboxylic acids is 1. The molecule has 1 unspecified atom stereocenters. The van der Waals surface area contributed by atoms with E-state index in [2.05, 4.69) is 34.9 Å². The van der Waals surface area contributed by atoms with E-state index < -0.39 is 18.0 Å². The molecule has 0 bridgehead atoms. The Morgan fingerprint density at radius 1 is 1.00 bits per heavy atom. The van der Waals surface area contributed by atoms with Gasteiger partial charge in [0.1, 0.15) is 6.61 Å². The quantitative estimate of drug-likeness (QED) is 0.551. The molecule has 1 aliphatic rings. The van der Waals surface area contributed by atoms with E-state index in [0.29, 0.717) is 13.0 Å². The average Bonchev–Trinajstić information content (AvgIpc) is 3.07. The molecule has 0 spiro atoms. The molecule has 7 nitrogen and oxygen atoms in total. The van der Waals surface area contributed by atoms with Crippen molar-refractivity contribution in [3.8, 4) is 11.1 Å². The van der Waals surface area contributed by atoms with Crippen LogP contribution in [0.2, 0.25) is 0 Å². The number of benzene rings is 2. The minimum atomic E-state index is -0.952. The molecule has 0 saturated carbocycles. The molecule has 0 aliphatic heterocycles. The highest BCUT2D eigenvalue weighted by atomic mass is 16.5. The van der Waals surface area contributed by atoms with Gasteiger partial charge in [-0.25, -0.2) is 4.79 Å². The van der Waals surface area contributed by atoms with Gasteiger partial charge in [-0.15, -0.1) is 0 Å². The lowest BCUT2D eigenvalue weighted by Crippen LogP contribution is -2.32. The van der Waals surface area contributed by atoms with Crippen LogP contribution in [0.5, 0.6) is 0 Å². The van der Waals surface area contributed by atoms with E-state index in [0.717, 1.165) is 11.1 Å². The van der Waals surface area contributed by atoms with Gasteiger partial charge in [0.15, 0.2) is 0 Å². The topological polar surface area (TPSA) is 105 Å². The van der Waals surface area contributed by atoms with Crippen molar-refractivity contribution in [1.82, 2.24) is 10.6 Å². The molecule has 2 amide bonds. The summed E-state index contributed by atoms with van der Waals surface area (Å²) in [4.78, 5) is 34.5. The fourth-order valence-corrected chi connectivity index (χ4v) is 3.53. The van der Waals surface area contributed by atoms with E-state index >= 15 is 0 Å². The lowest BCUT2D eigenvalue weighted by atomic mass is 9.98. The lowest BCUT2D eigenvalue weighted by molar-refractivity contribution is -0.141. The van der Waals surface area contributed by atoms with Crippen LogP contribution in [-0.4, -0.2) is 42.8 Å².